The van der Waals surface area contributed by atoms with E-state index in [1.54, 1.807) is 17.7 Å². The maximum Gasteiger partial charge on any atom is 0.265 e. The van der Waals surface area contributed by atoms with Crippen molar-refractivity contribution < 1.29 is 17.9 Å². The summed E-state index contributed by atoms with van der Waals surface area (Å²) in [5.74, 6) is 0.147. The monoisotopic (exact) mass is 364 g/mol. The van der Waals surface area contributed by atoms with Crippen molar-refractivity contribution in [2.75, 3.05) is 11.9 Å². The molecule has 1 atom stereocenters. The third-order valence-electron chi connectivity index (χ3n) is 3.91. The number of benzene rings is 1. The molecule has 9 heteroatoms. The molecule has 2 aromatic rings. The highest BCUT2D eigenvalue weighted by Crippen LogP contribution is 2.31. The minimum Gasteiger partial charge on any atom is -0.479 e. The molecule has 1 aliphatic heterocycles. The van der Waals surface area contributed by atoms with Crippen molar-refractivity contribution in [1.82, 2.24) is 14.5 Å². The molecule has 1 aromatic carbocycles. The predicted octanol–water partition coefficient (Wildman–Crippen LogP) is 1.20. The highest BCUT2D eigenvalue weighted by atomic mass is 32.2. The number of aryl methyl sites for hydroxylation is 2. The minimum atomic E-state index is -3.70. The summed E-state index contributed by atoms with van der Waals surface area (Å²) in [6, 6.07) is 6.32. The Morgan fingerprint density at radius 3 is 2.76 bits per heavy atom. The first-order valence-corrected chi connectivity index (χ1v) is 9.37. The van der Waals surface area contributed by atoms with Gasteiger partial charge in [0.2, 0.25) is 10.0 Å². The molecule has 0 saturated carbocycles. The molecular weight excluding hydrogens is 344 g/mol. The van der Waals surface area contributed by atoms with Gasteiger partial charge in [0, 0.05) is 12.2 Å². The average Bonchev–Trinajstić information content (AvgIpc) is 2.85. The number of hydrogen-bond donors (Lipinski definition) is 2. The Kier molecular flexibility index (Phi) is 4.53. The lowest BCUT2D eigenvalue weighted by atomic mass is 10.2. The van der Waals surface area contributed by atoms with E-state index in [9.17, 15) is 13.2 Å². The van der Waals surface area contributed by atoms with Crippen molar-refractivity contribution in [1.29, 1.82) is 0 Å². The van der Waals surface area contributed by atoms with Crippen molar-refractivity contribution in [3.05, 3.63) is 35.7 Å². The fourth-order valence-electron chi connectivity index (χ4n) is 2.63. The fourth-order valence-corrected chi connectivity index (χ4v) is 3.67. The van der Waals surface area contributed by atoms with E-state index in [2.05, 4.69) is 15.1 Å². The van der Waals surface area contributed by atoms with E-state index in [0.29, 0.717) is 18.0 Å². The van der Waals surface area contributed by atoms with Gasteiger partial charge < -0.3 is 10.1 Å². The Hall–Kier alpha value is -2.39. The topological polar surface area (TPSA) is 102 Å². The molecule has 0 saturated heterocycles. The highest BCUT2D eigenvalue weighted by Gasteiger charge is 2.25. The maximum atomic E-state index is 12.4. The molecule has 25 heavy (non-hydrogen) atoms. The third-order valence-corrected chi connectivity index (χ3v) is 5.37. The first kappa shape index (κ1) is 17.4. The van der Waals surface area contributed by atoms with E-state index < -0.39 is 16.1 Å². The zero-order valence-electron chi connectivity index (χ0n) is 14.2. The summed E-state index contributed by atoms with van der Waals surface area (Å²) in [5.41, 5.74) is 2.21. The number of carbonyl (C=O) groups excluding carboxylic acids is 1. The first-order chi connectivity index (χ1) is 11.8. The Balaban J connectivity index is 1.71. The lowest BCUT2D eigenvalue weighted by molar-refractivity contribution is -0.122. The molecule has 134 valence electrons. The molecule has 3 rings (SSSR count). The van der Waals surface area contributed by atoms with Crippen LogP contribution in [0.2, 0.25) is 0 Å². The molecule has 0 aliphatic carbocycles. The molecule has 0 fully saturated rings. The molecule has 8 nitrogen and oxygen atoms in total. The Morgan fingerprint density at radius 2 is 2.08 bits per heavy atom. The summed E-state index contributed by atoms with van der Waals surface area (Å²) >= 11 is 0. The molecular formula is C16H20N4O4S. The molecule has 0 bridgehead atoms. The van der Waals surface area contributed by atoms with Crippen LogP contribution in [-0.2, 0) is 21.4 Å². The number of nitrogens with zero attached hydrogens (tertiary/aromatic N) is 2. The molecule has 0 unspecified atom stereocenters. The molecule has 0 spiro atoms. The smallest absolute Gasteiger partial charge is 0.265 e. The summed E-state index contributed by atoms with van der Waals surface area (Å²) in [5, 5.41) is 6.94. The quantitative estimate of drug-likeness (QED) is 0.830. The maximum absolute atomic E-state index is 12.4. The van der Waals surface area contributed by atoms with Gasteiger partial charge in [-0.2, -0.15) is 5.10 Å². The van der Waals surface area contributed by atoms with E-state index in [4.69, 9.17) is 4.74 Å². The lowest BCUT2D eigenvalue weighted by Gasteiger charge is -2.23. The number of aromatic nitrogens is 2. The van der Waals surface area contributed by atoms with Crippen molar-refractivity contribution >= 4 is 21.6 Å². The Labute approximate surface area is 146 Å². The van der Waals surface area contributed by atoms with Gasteiger partial charge in [-0.25, -0.2) is 13.1 Å². The van der Waals surface area contributed by atoms with Crippen LogP contribution >= 0.6 is 0 Å². The van der Waals surface area contributed by atoms with E-state index >= 15 is 0 Å². The van der Waals surface area contributed by atoms with Crippen molar-refractivity contribution in [3.8, 4) is 5.75 Å². The first-order valence-electron chi connectivity index (χ1n) is 7.88. The summed E-state index contributed by atoms with van der Waals surface area (Å²) < 4.78 is 34.6. The number of sulfonamides is 1. The van der Waals surface area contributed by atoms with Gasteiger partial charge in [0.05, 0.1) is 22.8 Å². The van der Waals surface area contributed by atoms with Gasteiger partial charge in [0.25, 0.3) is 5.91 Å². The van der Waals surface area contributed by atoms with Crippen LogP contribution in [0, 0.1) is 13.8 Å². The average molecular weight is 364 g/mol. The summed E-state index contributed by atoms with van der Waals surface area (Å²) in [4.78, 5) is 11.7. The van der Waals surface area contributed by atoms with Gasteiger partial charge >= 0.3 is 0 Å². The largest absolute Gasteiger partial charge is 0.479 e. The van der Waals surface area contributed by atoms with Gasteiger partial charge in [0.1, 0.15) is 5.75 Å². The van der Waals surface area contributed by atoms with Crippen LogP contribution in [0.25, 0.3) is 0 Å². The number of rotatable bonds is 5. The third kappa shape index (κ3) is 3.67. The molecule has 2 N–H and O–H groups in total. The number of ether oxygens (including phenoxy) is 1. The summed E-state index contributed by atoms with van der Waals surface area (Å²) in [6.07, 6.45) is -0.603. The predicted molar refractivity (Wildman–Crippen MR) is 92.1 cm³/mol. The number of anilines is 1. The number of nitrogens with one attached hydrogen (secondary N) is 2. The molecule has 2 heterocycles. The minimum absolute atomic E-state index is 0.0677. The van der Waals surface area contributed by atoms with Crippen molar-refractivity contribution in [2.45, 2.75) is 38.3 Å². The van der Waals surface area contributed by atoms with E-state index in [1.165, 1.54) is 12.1 Å². The molecule has 1 aliphatic rings. The summed E-state index contributed by atoms with van der Waals surface area (Å²) in [7, 11) is -3.70. The van der Waals surface area contributed by atoms with Gasteiger partial charge in [-0.3, -0.25) is 9.48 Å². The van der Waals surface area contributed by atoms with Crippen molar-refractivity contribution in [2.24, 2.45) is 0 Å². The second-order valence-electron chi connectivity index (χ2n) is 5.96. The van der Waals surface area contributed by atoms with E-state index in [1.807, 2.05) is 19.9 Å². The Bertz CT molecular complexity index is 920. The van der Waals surface area contributed by atoms with Crippen molar-refractivity contribution in [3.63, 3.8) is 0 Å². The van der Waals surface area contributed by atoms with Crippen LogP contribution in [-0.4, -0.2) is 36.8 Å². The summed E-state index contributed by atoms with van der Waals surface area (Å²) in [6.45, 7) is 6.08. The van der Waals surface area contributed by atoms with E-state index in [0.717, 1.165) is 11.4 Å². The SMILES string of the molecule is Cc1cc(C)n(CCNS(=O)(=O)c2ccc3c(c2)NC(=O)[C@H](C)O3)n1. The second kappa shape index (κ2) is 6.49. The Morgan fingerprint density at radius 1 is 1.32 bits per heavy atom. The zero-order chi connectivity index (χ0) is 18.2. The number of carbonyl (C=O) groups is 1. The van der Waals surface area contributed by atoms with Crippen LogP contribution < -0.4 is 14.8 Å². The highest BCUT2D eigenvalue weighted by molar-refractivity contribution is 7.89. The van der Waals surface area contributed by atoms with Crippen LogP contribution in [0.3, 0.4) is 0 Å². The fraction of sp³-hybridized carbons (Fsp3) is 0.375. The van der Waals surface area contributed by atoms with Gasteiger partial charge in [-0.15, -0.1) is 0 Å². The number of hydrogen-bond acceptors (Lipinski definition) is 5. The van der Waals surface area contributed by atoms with E-state index in [-0.39, 0.29) is 17.3 Å². The van der Waals surface area contributed by atoms with Crippen LogP contribution in [0.1, 0.15) is 18.3 Å². The van der Waals surface area contributed by atoms with Gasteiger partial charge in [0.15, 0.2) is 6.10 Å². The standard InChI is InChI=1S/C16H20N4O4S/c1-10-8-11(2)20(19-10)7-6-17-25(22,23)13-4-5-15-14(9-13)18-16(21)12(3)24-15/h4-5,8-9,12,17H,6-7H2,1-3H3,(H,18,21)/t12-/m0/s1. The zero-order valence-corrected chi connectivity index (χ0v) is 15.1. The van der Waals surface area contributed by atoms with Crippen LogP contribution in [0.15, 0.2) is 29.2 Å². The van der Waals surface area contributed by atoms with Gasteiger partial charge in [-0.1, -0.05) is 0 Å². The lowest BCUT2D eigenvalue weighted by Crippen LogP contribution is -2.34. The van der Waals surface area contributed by atoms with Crippen LogP contribution in [0.5, 0.6) is 5.75 Å². The molecule has 1 amide bonds. The molecule has 0 radical (unpaired) electrons. The number of amides is 1. The number of fused-ring (bicyclic) bond motifs is 1. The molecule has 1 aromatic heterocycles. The second-order valence-corrected chi connectivity index (χ2v) is 7.72. The normalized spacial score (nSPS) is 16.9. The van der Waals surface area contributed by atoms with Crippen LogP contribution in [0.4, 0.5) is 5.69 Å². The van der Waals surface area contributed by atoms with Gasteiger partial charge in [-0.05, 0) is 45.0 Å².